The average molecular weight is 226 g/mol. The molecule has 1 heterocycles. The van der Waals surface area contributed by atoms with E-state index in [9.17, 15) is 8.42 Å². The van der Waals surface area contributed by atoms with Crippen molar-refractivity contribution in [1.82, 2.24) is 4.98 Å². The van der Waals surface area contributed by atoms with E-state index in [1.165, 1.54) is 0 Å². The lowest BCUT2D eigenvalue weighted by Gasteiger charge is -2.08. The summed E-state index contributed by atoms with van der Waals surface area (Å²) in [5.74, 6) is 0. The number of nitrogen functional groups attached to an aromatic ring is 1. The van der Waals surface area contributed by atoms with Crippen LogP contribution >= 0.6 is 0 Å². The van der Waals surface area contributed by atoms with Crippen LogP contribution in [0.1, 0.15) is 24.1 Å². The highest BCUT2D eigenvalue weighted by Gasteiger charge is 2.39. The topological polar surface area (TPSA) is 73.1 Å². The molecular weight excluding hydrogens is 212 g/mol. The van der Waals surface area contributed by atoms with E-state index in [0.717, 1.165) is 24.1 Å². The number of hydrogen-bond acceptors (Lipinski definition) is 4. The molecule has 82 valence electrons. The fraction of sp³-hybridized carbons (Fsp3) is 0.500. The molecule has 0 spiro atoms. The molecule has 4 nitrogen and oxygen atoms in total. The highest BCUT2D eigenvalue weighted by Crippen LogP contribution is 2.35. The van der Waals surface area contributed by atoms with E-state index >= 15 is 0 Å². The van der Waals surface area contributed by atoms with E-state index in [2.05, 4.69) is 4.98 Å². The van der Waals surface area contributed by atoms with E-state index in [0.29, 0.717) is 0 Å². The van der Waals surface area contributed by atoms with Gasteiger partial charge in [0.05, 0.1) is 10.9 Å². The molecule has 2 rings (SSSR count). The Morgan fingerprint density at radius 2 is 2.00 bits per heavy atom. The van der Waals surface area contributed by atoms with Crippen molar-refractivity contribution in [2.45, 2.75) is 37.0 Å². The number of aryl methyl sites for hydroxylation is 2. The monoisotopic (exact) mass is 226 g/mol. The van der Waals surface area contributed by atoms with Crippen molar-refractivity contribution in [2.75, 3.05) is 5.73 Å². The highest BCUT2D eigenvalue weighted by atomic mass is 32.2. The predicted molar refractivity (Wildman–Crippen MR) is 58.3 cm³/mol. The number of rotatable bonds is 2. The third kappa shape index (κ3) is 1.71. The van der Waals surface area contributed by atoms with Gasteiger partial charge in [-0.15, -0.1) is 0 Å². The van der Waals surface area contributed by atoms with E-state index in [4.69, 9.17) is 5.73 Å². The van der Waals surface area contributed by atoms with Crippen molar-refractivity contribution in [3.05, 3.63) is 17.3 Å². The summed E-state index contributed by atoms with van der Waals surface area (Å²) in [7, 11) is -3.27. The maximum atomic E-state index is 11.9. The van der Waals surface area contributed by atoms with Gasteiger partial charge in [-0.05, 0) is 38.3 Å². The zero-order chi connectivity index (χ0) is 11.2. The van der Waals surface area contributed by atoms with E-state index in [-0.39, 0.29) is 16.0 Å². The third-order valence-electron chi connectivity index (χ3n) is 2.69. The smallest absolute Gasteiger partial charge is 0.200 e. The molecule has 0 bridgehead atoms. The molecule has 1 aliphatic rings. The number of sulfone groups is 1. The molecule has 0 aromatic carbocycles. The average Bonchev–Trinajstić information content (AvgIpc) is 2.93. The Balaban J connectivity index is 2.57. The summed E-state index contributed by atoms with van der Waals surface area (Å²) in [5.41, 5.74) is 7.61. The summed E-state index contributed by atoms with van der Waals surface area (Å²) in [4.78, 5) is 4.09. The summed E-state index contributed by atoms with van der Waals surface area (Å²) in [6.45, 7) is 3.66. The van der Waals surface area contributed by atoms with Crippen molar-refractivity contribution in [1.29, 1.82) is 0 Å². The fourth-order valence-corrected chi connectivity index (χ4v) is 3.19. The molecule has 0 saturated heterocycles. The third-order valence-corrected chi connectivity index (χ3v) is 4.91. The van der Waals surface area contributed by atoms with Crippen LogP contribution in [0.25, 0.3) is 0 Å². The Morgan fingerprint density at radius 3 is 2.53 bits per heavy atom. The molecule has 0 aliphatic heterocycles. The van der Waals surface area contributed by atoms with Crippen LogP contribution < -0.4 is 5.73 Å². The van der Waals surface area contributed by atoms with Gasteiger partial charge < -0.3 is 5.73 Å². The van der Waals surface area contributed by atoms with Gasteiger partial charge in [0.1, 0.15) is 0 Å². The zero-order valence-corrected chi connectivity index (χ0v) is 9.63. The number of nitrogens with two attached hydrogens (primary N) is 1. The van der Waals surface area contributed by atoms with Crippen LogP contribution in [0.5, 0.6) is 0 Å². The molecule has 5 heteroatoms. The van der Waals surface area contributed by atoms with Crippen LogP contribution in [0.15, 0.2) is 11.1 Å². The van der Waals surface area contributed by atoms with E-state index < -0.39 is 9.84 Å². The summed E-state index contributed by atoms with van der Waals surface area (Å²) in [5, 5.41) is -0.192. The Labute approximate surface area is 89.4 Å². The van der Waals surface area contributed by atoms with Gasteiger partial charge in [-0.2, -0.15) is 0 Å². The van der Waals surface area contributed by atoms with E-state index in [1.54, 1.807) is 13.0 Å². The van der Waals surface area contributed by atoms with Gasteiger partial charge in [0, 0.05) is 5.69 Å². The largest absolute Gasteiger partial charge is 0.396 e. The van der Waals surface area contributed by atoms with Gasteiger partial charge in [0.15, 0.2) is 5.03 Å². The molecule has 0 radical (unpaired) electrons. The minimum atomic E-state index is -3.27. The van der Waals surface area contributed by atoms with Gasteiger partial charge in [-0.25, -0.2) is 13.4 Å². The molecule has 0 unspecified atom stereocenters. The van der Waals surface area contributed by atoms with Crippen LogP contribution in [-0.4, -0.2) is 18.7 Å². The second-order valence-electron chi connectivity index (χ2n) is 4.03. The maximum Gasteiger partial charge on any atom is 0.200 e. The summed E-state index contributed by atoms with van der Waals surface area (Å²) >= 11 is 0. The number of aromatic nitrogens is 1. The molecule has 0 atom stereocenters. The summed E-state index contributed by atoms with van der Waals surface area (Å²) < 4.78 is 23.9. The van der Waals surface area contributed by atoms with Gasteiger partial charge >= 0.3 is 0 Å². The van der Waals surface area contributed by atoms with Crippen LogP contribution in [0, 0.1) is 13.8 Å². The first-order valence-corrected chi connectivity index (χ1v) is 6.45. The standard InChI is InChI=1S/C10H14N2O2S/c1-6-5-9(11)10(12-7(6)2)15(13,14)8-3-4-8/h5,8H,3-4,11H2,1-2H3. The molecule has 1 saturated carbocycles. The van der Waals surface area contributed by atoms with Crippen molar-refractivity contribution < 1.29 is 8.42 Å². The minimum Gasteiger partial charge on any atom is -0.396 e. The summed E-state index contributed by atoms with van der Waals surface area (Å²) in [6.07, 6.45) is 1.47. The number of hydrogen-bond donors (Lipinski definition) is 1. The first-order valence-electron chi connectivity index (χ1n) is 4.90. The molecular formula is C10H14N2O2S. The van der Waals surface area contributed by atoms with Crippen molar-refractivity contribution >= 4 is 15.5 Å². The normalized spacial score (nSPS) is 16.7. The van der Waals surface area contributed by atoms with Crippen molar-refractivity contribution in [3.8, 4) is 0 Å². The maximum absolute atomic E-state index is 11.9. The Morgan fingerprint density at radius 1 is 1.40 bits per heavy atom. The molecule has 15 heavy (non-hydrogen) atoms. The zero-order valence-electron chi connectivity index (χ0n) is 8.82. The molecule has 1 aromatic heterocycles. The van der Waals surface area contributed by atoms with Crippen LogP contribution in [-0.2, 0) is 9.84 Å². The predicted octanol–water partition coefficient (Wildman–Crippen LogP) is 1.22. The van der Waals surface area contributed by atoms with Crippen molar-refractivity contribution in [3.63, 3.8) is 0 Å². The Kier molecular flexibility index (Phi) is 2.22. The van der Waals surface area contributed by atoms with Crippen LogP contribution in [0.4, 0.5) is 5.69 Å². The second-order valence-corrected chi connectivity index (χ2v) is 6.17. The Bertz CT molecular complexity index is 504. The number of anilines is 1. The minimum absolute atomic E-state index is 0.0631. The lowest BCUT2D eigenvalue weighted by atomic mass is 10.2. The summed E-state index contributed by atoms with van der Waals surface area (Å²) in [6, 6.07) is 1.68. The highest BCUT2D eigenvalue weighted by molar-refractivity contribution is 7.92. The first kappa shape index (κ1) is 10.4. The van der Waals surface area contributed by atoms with Crippen molar-refractivity contribution in [2.24, 2.45) is 0 Å². The van der Waals surface area contributed by atoms with Gasteiger partial charge in [0.2, 0.25) is 9.84 Å². The fourth-order valence-electron chi connectivity index (χ4n) is 1.47. The number of pyridine rings is 1. The lowest BCUT2D eigenvalue weighted by Crippen LogP contribution is -2.13. The number of nitrogens with zero attached hydrogens (tertiary/aromatic N) is 1. The first-order chi connectivity index (χ1) is 6.93. The van der Waals surface area contributed by atoms with Crippen LogP contribution in [0.3, 0.4) is 0 Å². The van der Waals surface area contributed by atoms with Crippen LogP contribution in [0.2, 0.25) is 0 Å². The van der Waals surface area contributed by atoms with Gasteiger partial charge in [-0.1, -0.05) is 0 Å². The second kappa shape index (κ2) is 3.20. The Hall–Kier alpha value is -1.10. The molecule has 1 aromatic rings. The molecule has 0 amide bonds. The quantitative estimate of drug-likeness (QED) is 0.822. The van der Waals surface area contributed by atoms with Gasteiger partial charge in [-0.3, -0.25) is 0 Å². The SMILES string of the molecule is Cc1cc(N)c(S(=O)(=O)C2CC2)nc1C. The lowest BCUT2D eigenvalue weighted by molar-refractivity contribution is 0.591. The van der Waals surface area contributed by atoms with E-state index in [1.807, 2.05) is 6.92 Å². The molecule has 1 fully saturated rings. The van der Waals surface area contributed by atoms with Gasteiger partial charge in [0.25, 0.3) is 0 Å². The molecule has 1 aliphatic carbocycles. The molecule has 2 N–H and O–H groups in total.